The molecule has 0 bridgehead atoms. The molecule has 0 atom stereocenters. The maximum atomic E-state index is 11.4. The molecule has 0 radical (unpaired) electrons. The zero-order valence-electron chi connectivity index (χ0n) is 9.76. The monoisotopic (exact) mass is 239 g/mol. The normalized spacial score (nSPS) is 12.9. The van der Waals surface area contributed by atoms with Crippen LogP contribution in [0.1, 0.15) is 23.5 Å². The average Bonchev–Trinajstić information content (AvgIpc) is 2.74. The van der Waals surface area contributed by atoms with E-state index in [1.165, 1.54) is 11.1 Å². The van der Waals surface area contributed by atoms with Gasteiger partial charge in [-0.1, -0.05) is 48.5 Å². The molecule has 0 aromatic heterocycles. The number of hydroxylamine groups is 1. The van der Waals surface area contributed by atoms with Crippen LogP contribution in [0.15, 0.2) is 48.5 Å². The number of carbonyl (C=O) groups excluding carboxylic acids is 1. The van der Waals surface area contributed by atoms with Crippen LogP contribution in [-0.4, -0.2) is 11.1 Å². The molecule has 1 aliphatic carbocycles. The minimum absolute atomic E-state index is 0.0320. The number of carbonyl (C=O) groups is 1. The van der Waals surface area contributed by atoms with Gasteiger partial charge in [0.15, 0.2) is 0 Å². The van der Waals surface area contributed by atoms with Gasteiger partial charge >= 0.3 is 0 Å². The largest absolute Gasteiger partial charge is 0.289 e. The number of hydrogen-bond donors (Lipinski definition) is 2. The Morgan fingerprint density at radius 1 is 1.00 bits per heavy atom. The highest BCUT2D eigenvalue weighted by molar-refractivity contribution is 5.83. The number of fused-ring (bicyclic) bond motifs is 3. The lowest BCUT2D eigenvalue weighted by Gasteiger charge is -2.11. The minimum Gasteiger partial charge on any atom is -0.289 e. The van der Waals surface area contributed by atoms with Crippen molar-refractivity contribution >= 4 is 5.91 Å². The van der Waals surface area contributed by atoms with Crippen LogP contribution in [0.4, 0.5) is 0 Å². The Labute approximate surface area is 105 Å². The summed E-state index contributed by atoms with van der Waals surface area (Å²) in [6.07, 6.45) is 0.268. The third-order valence-corrected chi connectivity index (χ3v) is 3.48. The first kappa shape index (κ1) is 11.0. The zero-order chi connectivity index (χ0) is 12.5. The van der Waals surface area contributed by atoms with E-state index in [4.69, 9.17) is 5.21 Å². The van der Waals surface area contributed by atoms with Gasteiger partial charge in [0.25, 0.3) is 0 Å². The number of nitrogens with one attached hydrogen (secondary N) is 1. The van der Waals surface area contributed by atoms with Gasteiger partial charge < -0.3 is 0 Å². The van der Waals surface area contributed by atoms with Crippen molar-refractivity contribution in [3.63, 3.8) is 0 Å². The van der Waals surface area contributed by atoms with Gasteiger partial charge in [-0.15, -0.1) is 0 Å². The van der Waals surface area contributed by atoms with E-state index in [0.29, 0.717) is 0 Å². The molecule has 2 N–H and O–H groups in total. The molecule has 0 heterocycles. The molecule has 0 saturated heterocycles. The quantitative estimate of drug-likeness (QED) is 0.625. The van der Waals surface area contributed by atoms with Gasteiger partial charge in [-0.05, 0) is 22.3 Å². The predicted octanol–water partition coefficient (Wildman–Crippen LogP) is 2.69. The van der Waals surface area contributed by atoms with Crippen LogP contribution in [0.3, 0.4) is 0 Å². The van der Waals surface area contributed by atoms with Crippen molar-refractivity contribution in [3.8, 4) is 11.1 Å². The third-order valence-electron chi connectivity index (χ3n) is 3.48. The maximum Gasteiger partial charge on any atom is 0.244 e. The standard InChI is InChI=1S/C15H13NO2/c17-15(16-18)9-14-12-7-3-1-5-10(12)11-6-2-4-8-13(11)14/h1-8,14,18H,9H2,(H,16,17). The lowest BCUT2D eigenvalue weighted by molar-refractivity contribution is -0.129. The fourth-order valence-electron chi connectivity index (χ4n) is 2.71. The minimum atomic E-state index is -0.355. The Morgan fingerprint density at radius 3 is 2.00 bits per heavy atom. The smallest absolute Gasteiger partial charge is 0.244 e. The molecule has 3 rings (SSSR count). The molecular weight excluding hydrogens is 226 g/mol. The summed E-state index contributed by atoms with van der Waals surface area (Å²) in [6.45, 7) is 0. The van der Waals surface area contributed by atoms with E-state index >= 15 is 0 Å². The molecule has 2 aromatic rings. The molecule has 90 valence electrons. The highest BCUT2D eigenvalue weighted by atomic mass is 16.5. The molecule has 0 saturated carbocycles. The topological polar surface area (TPSA) is 49.3 Å². The van der Waals surface area contributed by atoms with Gasteiger partial charge in [0.1, 0.15) is 0 Å². The molecule has 3 nitrogen and oxygen atoms in total. The maximum absolute atomic E-state index is 11.4. The molecule has 0 unspecified atom stereocenters. The number of hydrogen-bond acceptors (Lipinski definition) is 2. The summed E-state index contributed by atoms with van der Waals surface area (Å²) in [5, 5.41) is 8.69. The fourth-order valence-corrected chi connectivity index (χ4v) is 2.71. The van der Waals surface area contributed by atoms with Crippen LogP contribution < -0.4 is 5.48 Å². The molecular formula is C15H13NO2. The summed E-state index contributed by atoms with van der Waals surface area (Å²) in [5.41, 5.74) is 6.39. The molecule has 1 aliphatic rings. The number of rotatable bonds is 2. The lowest BCUT2D eigenvalue weighted by atomic mass is 9.93. The average molecular weight is 239 g/mol. The second-order valence-corrected chi connectivity index (χ2v) is 4.47. The number of amides is 1. The Kier molecular flexibility index (Phi) is 2.61. The molecule has 1 amide bonds. The molecule has 2 aromatic carbocycles. The van der Waals surface area contributed by atoms with Gasteiger partial charge in [-0.2, -0.15) is 0 Å². The van der Waals surface area contributed by atoms with E-state index in [1.807, 2.05) is 36.4 Å². The van der Waals surface area contributed by atoms with E-state index in [9.17, 15) is 4.79 Å². The van der Waals surface area contributed by atoms with E-state index in [2.05, 4.69) is 12.1 Å². The highest BCUT2D eigenvalue weighted by Crippen LogP contribution is 2.45. The molecule has 3 heteroatoms. The molecule has 0 spiro atoms. The van der Waals surface area contributed by atoms with Gasteiger partial charge in [0.2, 0.25) is 5.91 Å². The summed E-state index contributed by atoms with van der Waals surface area (Å²) >= 11 is 0. The molecule has 0 fully saturated rings. The SMILES string of the molecule is O=C(CC1c2ccccc2-c2ccccc21)NO. The van der Waals surface area contributed by atoms with Gasteiger partial charge in [-0.3, -0.25) is 10.0 Å². The van der Waals surface area contributed by atoms with Gasteiger partial charge in [-0.25, -0.2) is 5.48 Å². The Morgan fingerprint density at radius 2 is 1.50 bits per heavy atom. The summed E-state index contributed by atoms with van der Waals surface area (Å²) in [7, 11) is 0. The van der Waals surface area contributed by atoms with Crippen LogP contribution in [0, 0.1) is 0 Å². The lowest BCUT2D eigenvalue weighted by Crippen LogP contribution is -2.20. The van der Waals surface area contributed by atoms with Crippen LogP contribution in [0.2, 0.25) is 0 Å². The first-order chi connectivity index (χ1) is 8.81. The summed E-state index contributed by atoms with van der Waals surface area (Å²) in [5.74, 6) is -0.323. The second kappa shape index (κ2) is 4.27. The predicted molar refractivity (Wildman–Crippen MR) is 68.3 cm³/mol. The number of benzene rings is 2. The second-order valence-electron chi connectivity index (χ2n) is 4.47. The van der Waals surface area contributed by atoms with E-state index in [0.717, 1.165) is 11.1 Å². The van der Waals surface area contributed by atoms with Crippen LogP contribution in [0.5, 0.6) is 0 Å². The van der Waals surface area contributed by atoms with Crippen LogP contribution in [0.25, 0.3) is 11.1 Å². The van der Waals surface area contributed by atoms with E-state index < -0.39 is 0 Å². The van der Waals surface area contributed by atoms with Crippen molar-refractivity contribution in [2.45, 2.75) is 12.3 Å². The van der Waals surface area contributed by atoms with Gasteiger partial charge in [0, 0.05) is 12.3 Å². The third kappa shape index (κ3) is 1.60. The summed E-state index contributed by atoms with van der Waals surface area (Å²) in [6, 6.07) is 16.2. The van der Waals surface area contributed by atoms with Crippen LogP contribution >= 0.6 is 0 Å². The van der Waals surface area contributed by atoms with Crippen LogP contribution in [-0.2, 0) is 4.79 Å². The first-order valence-corrected chi connectivity index (χ1v) is 5.92. The molecule has 0 aliphatic heterocycles. The van der Waals surface area contributed by atoms with Crippen molar-refractivity contribution in [1.29, 1.82) is 0 Å². The first-order valence-electron chi connectivity index (χ1n) is 5.92. The van der Waals surface area contributed by atoms with E-state index in [1.54, 1.807) is 5.48 Å². The van der Waals surface area contributed by atoms with E-state index in [-0.39, 0.29) is 18.2 Å². The van der Waals surface area contributed by atoms with Crippen molar-refractivity contribution in [2.75, 3.05) is 0 Å². The Bertz CT molecular complexity index is 561. The summed E-state index contributed by atoms with van der Waals surface area (Å²) in [4.78, 5) is 11.4. The van der Waals surface area contributed by atoms with Crippen molar-refractivity contribution in [2.24, 2.45) is 0 Å². The Balaban J connectivity index is 2.12. The van der Waals surface area contributed by atoms with Gasteiger partial charge in [0.05, 0.1) is 0 Å². The summed E-state index contributed by atoms with van der Waals surface area (Å²) < 4.78 is 0. The highest BCUT2D eigenvalue weighted by Gasteiger charge is 2.29. The van der Waals surface area contributed by atoms with Crippen molar-refractivity contribution < 1.29 is 10.0 Å². The Hall–Kier alpha value is -2.13. The zero-order valence-corrected chi connectivity index (χ0v) is 9.76. The fraction of sp³-hybridized carbons (Fsp3) is 0.133. The van der Waals surface area contributed by atoms with Crippen molar-refractivity contribution in [1.82, 2.24) is 5.48 Å². The van der Waals surface area contributed by atoms with Crippen molar-refractivity contribution in [3.05, 3.63) is 59.7 Å². The molecule has 18 heavy (non-hydrogen) atoms.